The average molecular weight is 386 g/mol. The molecule has 1 fully saturated rings. The molecular weight excluding hydrogens is 364 g/mol. The molecule has 0 bridgehead atoms. The van der Waals surface area contributed by atoms with E-state index in [1.165, 1.54) is 11.1 Å². The normalized spacial score (nSPS) is 26.4. The van der Waals surface area contributed by atoms with Crippen LogP contribution in [0, 0.1) is 5.92 Å². The van der Waals surface area contributed by atoms with Crippen molar-refractivity contribution in [1.29, 1.82) is 0 Å². The molecule has 3 atom stereocenters. The van der Waals surface area contributed by atoms with E-state index in [1.54, 1.807) is 18.1 Å². The lowest BCUT2D eigenvalue weighted by atomic mass is 9.97. The number of amides is 2. The highest BCUT2D eigenvalue weighted by molar-refractivity contribution is 5.97. The van der Waals surface area contributed by atoms with Crippen LogP contribution >= 0.6 is 0 Å². The molecule has 3 unspecified atom stereocenters. The number of ether oxygens (including phenoxy) is 1. The summed E-state index contributed by atoms with van der Waals surface area (Å²) < 4.78 is 6.00. The van der Waals surface area contributed by atoms with Crippen LogP contribution in [0.25, 0.3) is 0 Å². The quantitative estimate of drug-likeness (QED) is 0.648. The number of rotatable bonds is 4. The summed E-state index contributed by atoms with van der Waals surface area (Å²) in [6.45, 7) is 2.26. The molecule has 29 heavy (non-hydrogen) atoms. The topological polar surface area (TPSA) is 58.6 Å². The van der Waals surface area contributed by atoms with Crippen LogP contribution in [0.15, 0.2) is 78.1 Å². The smallest absolute Gasteiger partial charge is 0.252 e. The van der Waals surface area contributed by atoms with E-state index >= 15 is 0 Å². The minimum absolute atomic E-state index is 0.0106. The average Bonchev–Trinajstić information content (AvgIpc) is 3.33. The lowest BCUT2D eigenvalue weighted by Gasteiger charge is -2.24. The summed E-state index contributed by atoms with van der Waals surface area (Å²) in [5, 5.41) is 3.08. The van der Waals surface area contributed by atoms with E-state index < -0.39 is 6.23 Å². The second-order valence-electron chi connectivity index (χ2n) is 7.83. The molecule has 3 aliphatic rings. The second-order valence-corrected chi connectivity index (χ2v) is 7.83. The molecule has 0 radical (unpaired) electrons. The lowest BCUT2D eigenvalue weighted by Crippen LogP contribution is -2.35. The van der Waals surface area contributed by atoms with Gasteiger partial charge in [-0.05, 0) is 36.1 Å². The maximum Gasteiger partial charge on any atom is 0.252 e. The van der Waals surface area contributed by atoms with E-state index in [2.05, 4.69) is 17.4 Å². The van der Waals surface area contributed by atoms with E-state index in [9.17, 15) is 9.59 Å². The van der Waals surface area contributed by atoms with E-state index in [4.69, 9.17) is 4.74 Å². The van der Waals surface area contributed by atoms with Crippen molar-refractivity contribution in [3.05, 3.63) is 94.8 Å². The zero-order chi connectivity index (χ0) is 20.0. The molecule has 0 aromatic heterocycles. The third-order valence-corrected chi connectivity index (χ3v) is 6.01. The first-order valence-corrected chi connectivity index (χ1v) is 9.89. The predicted octanol–water partition coefficient (Wildman–Crippen LogP) is 3.25. The van der Waals surface area contributed by atoms with Crippen LogP contribution in [-0.2, 0) is 27.3 Å². The third kappa shape index (κ3) is 3.03. The Bertz CT molecular complexity index is 1040. The number of carbonyl (C=O) groups is 2. The molecule has 2 aromatic rings. The molecule has 2 aromatic carbocycles. The lowest BCUT2D eigenvalue weighted by molar-refractivity contribution is -0.132. The Kier molecular flexibility index (Phi) is 4.23. The van der Waals surface area contributed by atoms with Gasteiger partial charge in [0.15, 0.2) is 6.23 Å². The Morgan fingerprint density at radius 3 is 2.69 bits per heavy atom. The molecule has 146 valence electrons. The summed E-state index contributed by atoms with van der Waals surface area (Å²) in [6.07, 6.45) is 3.69. The van der Waals surface area contributed by atoms with Gasteiger partial charge in [0.25, 0.3) is 11.8 Å². The predicted molar refractivity (Wildman–Crippen MR) is 108 cm³/mol. The number of nitrogens with one attached hydrogen (secondary N) is 1. The molecule has 5 rings (SSSR count). The van der Waals surface area contributed by atoms with Gasteiger partial charge in [0.05, 0.1) is 17.9 Å². The zero-order valence-corrected chi connectivity index (χ0v) is 16.2. The van der Waals surface area contributed by atoms with Crippen LogP contribution in [0.4, 0.5) is 0 Å². The number of fused-ring (bicyclic) bond motifs is 3. The Hall–Kier alpha value is -3.34. The van der Waals surface area contributed by atoms with Gasteiger partial charge in [-0.25, -0.2) is 0 Å². The van der Waals surface area contributed by atoms with E-state index in [1.807, 2.05) is 48.5 Å². The summed E-state index contributed by atoms with van der Waals surface area (Å²) in [5.74, 6) is -0.0573. The molecule has 5 heteroatoms. The van der Waals surface area contributed by atoms with Gasteiger partial charge in [0.2, 0.25) is 0 Å². The maximum atomic E-state index is 12.6. The summed E-state index contributed by atoms with van der Waals surface area (Å²) >= 11 is 0. The number of hydrogen-bond donors (Lipinski definition) is 1. The number of carbonyl (C=O) groups excluding carboxylic acids is 2. The summed E-state index contributed by atoms with van der Waals surface area (Å²) in [5.41, 5.74) is 4.80. The number of benzene rings is 2. The Morgan fingerprint density at radius 2 is 1.86 bits per heavy atom. The molecular formula is C24H22N2O3. The van der Waals surface area contributed by atoms with Gasteiger partial charge in [-0.1, -0.05) is 54.6 Å². The van der Waals surface area contributed by atoms with Gasteiger partial charge < -0.3 is 10.1 Å². The first kappa shape index (κ1) is 17.7. The minimum Gasteiger partial charge on any atom is -0.474 e. The fraction of sp³-hybridized carbons (Fsp3) is 0.250. The van der Waals surface area contributed by atoms with Gasteiger partial charge in [0, 0.05) is 18.0 Å². The highest BCUT2D eigenvalue weighted by Gasteiger charge is 2.44. The monoisotopic (exact) mass is 386 g/mol. The van der Waals surface area contributed by atoms with Crippen molar-refractivity contribution in [2.24, 2.45) is 5.92 Å². The standard InChI is InChI=1S/C24H22N2O3/c1-15-11-21(26(24(15)28)13-16-7-3-2-4-8-16)29-14-20-19-12-17-9-5-6-10-18(17)22(19)25-23(20)27/h2-11,14,19,21-22H,12-13H2,1H3,(H,25,27)/b20-14+. The molecule has 2 amide bonds. The fourth-order valence-electron chi connectivity index (χ4n) is 4.51. The third-order valence-electron chi connectivity index (χ3n) is 6.01. The largest absolute Gasteiger partial charge is 0.474 e. The van der Waals surface area contributed by atoms with Gasteiger partial charge in [-0.15, -0.1) is 0 Å². The summed E-state index contributed by atoms with van der Waals surface area (Å²) in [4.78, 5) is 26.8. The van der Waals surface area contributed by atoms with Gasteiger partial charge in [-0.2, -0.15) is 0 Å². The molecule has 0 saturated carbocycles. The summed E-state index contributed by atoms with van der Waals surface area (Å²) in [6, 6.07) is 18.1. The van der Waals surface area contributed by atoms with Crippen molar-refractivity contribution in [1.82, 2.24) is 10.2 Å². The zero-order valence-electron chi connectivity index (χ0n) is 16.2. The Balaban J connectivity index is 1.36. The first-order valence-electron chi connectivity index (χ1n) is 9.89. The molecule has 5 nitrogen and oxygen atoms in total. The number of hydrogen-bond acceptors (Lipinski definition) is 3. The maximum absolute atomic E-state index is 12.6. The molecule has 0 spiro atoms. The van der Waals surface area contributed by atoms with Crippen LogP contribution in [-0.4, -0.2) is 22.9 Å². The van der Waals surface area contributed by atoms with E-state index in [-0.39, 0.29) is 23.8 Å². The fourth-order valence-corrected chi connectivity index (χ4v) is 4.51. The molecule has 1 N–H and O–H groups in total. The van der Waals surface area contributed by atoms with Crippen molar-refractivity contribution in [3.63, 3.8) is 0 Å². The van der Waals surface area contributed by atoms with Crippen LogP contribution in [0.1, 0.15) is 29.7 Å². The van der Waals surface area contributed by atoms with Crippen LogP contribution in [0.2, 0.25) is 0 Å². The molecule has 1 saturated heterocycles. The minimum atomic E-state index is -0.508. The molecule has 2 aliphatic heterocycles. The SMILES string of the molecule is CC1=CC(O/C=C2/C(=O)NC3c4ccccc4CC23)N(Cc2ccccc2)C1=O. The Labute approximate surface area is 169 Å². The van der Waals surface area contributed by atoms with E-state index in [0.29, 0.717) is 17.7 Å². The molecule has 2 heterocycles. The number of nitrogens with zero attached hydrogens (tertiary/aromatic N) is 1. The van der Waals surface area contributed by atoms with Crippen molar-refractivity contribution < 1.29 is 14.3 Å². The Morgan fingerprint density at radius 1 is 1.10 bits per heavy atom. The van der Waals surface area contributed by atoms with Gasteiger partial charge in [0.1, 0.15) is 0 Å². The van der Waals surface area contributed by atoms with Crippen molar-refractivity contribution in [3.8, 4) is 0 Å². The first-order chi connectivity index (χ1) is 14.1. The van der Waals surface area contributed by atoms with Crippen LogP contribution in [0.3, 0.4) is 0 Å². The second kappa shape index (κ2) is 6.92. The highest BCUT2D eigenvalue weighted by atomic mass is 16.5. The molecule has 1 aliphatic carbocycles. The van der Waals surface area contributed by atoms with Gasteiger partial charge in [-0.3, -0.25) is 14.5 Å². The van der Waals surface area contributed by atoms with Crippen LogP contribution in [0.5, 0.6) is 0 Å². The summed E-state index contributed by atoms with van der Waals surface area (Å²) in [7, 11) is 0. The highest BCUT2D eigenvalue weighted by Crippen LogP contribution is 2.44. The van der Waals surface area contributed by atoms with Crippen molar-refractivity contribution in [2.75, 3.05) is 0 Å². The van der Waals surface area contributed by atoms with Crippen molar-refractivity contribution in [2.45, 2.75) is 32.2 Å². The van der Waals surface area contributed by atoms with Gasteiger partial charge >= 0.3 is 0 Å². The van der Waals surface area contributed by atoms with Crippen LogP contribution < -0.4 is 5.32 Å². The van der Waals surface area contributed by atoms with E-state index in [0.717, 1.165) is 12.0 Å². The van der Waals surface area contributed by atoms with Crippen molar-refractivity contribution >= 4 is 11.8 Å².